The summed E-state index contributed by atoms with van der Waals surface area (Å²) in [5.74, 6) is -0.823. The van der Waals surface area contributed by atoms with E-state index >= 15 is 0 Å². The van der Waals surface area contributed by atoms with Crippen molar-refractivity contribution in [3.05, 3.63) is 24.8 Å². The van der Waals surface area contributed by atoms with E-state index in [0.717, 1.165) is 18.4 Å². The molecule has 6 heteroatoms. The van der Waals surface area contributed by atoms with Crippen molar-refractivity contribution in [2.75, 3.05) is 5.73 Å². The first-order chi connectivity index (χ1) is 6.00. The van der Waals surface area contributed by atoms with Gasteiger partial charge in [-0.1, -0.05) is 0 Å². The van der Waals surface area contributed by atoms with Crippen LogP contribution in [-0.2, 0) is 11.2 Å². The number of hydrogen-bond donors (Lipinski definition) is 2. The van der Waals surface area contributed by atoms with Crippen molar-refractivity contribution in [1.29, 1.82) is 0 Å². The Morgan fingerprint density at radius 3 is 2.14 bits per heavy atom. The zero-order chi connectivity index (χ0) is 10.0. The minimum atomic E-state index is -0.823. The Morgan fingerprint density at radius 2 is 1.79 bits per heavy atom. The van der Waals surface area contributed by atoms with Gasteiger partial charge < -0.3 is 10.8 Å². The van der Waals surface area contributed by atoms with Crippen LogP contribution < -0.4 is 57.1 Å². The van der Waals surface area contributed by atoms with E-state index in [2.05, 4.69) is 45.2 Å². The molecule has 3 nitrogen and oxygen atoms in total. The van der Waals surface area contributed by atoms with Crippen LogP contribution in [0.25, 0.3) is 0 Å². The third-order valence-electron chi connectivity index (χ3n) is 1.49. The van der Waals surface area contributed by atoms with Gasteiger partial charge in [0, 0.05) is 7.14 Å². The van der Waals surface area contributed by atoms with Gasteiger partial charge in [0.25, 0.3) is 0 Å². The number of rotatable bonds is 2. The molecule has 0 aliphatic rings. The van der Waals surface area contributed by atoms with Crippen LogP contribution in [0.2, 0.25) is 0 Å². The van der Waals surface area contributed by atoms with Crippen LogP contribution in [-0.4, -0.2) is 11.1 Å². The molecule has 0 saturated heterocycles. The third kappa shape index (κ3) is 4.62. The van der Waals surface area contributed by atoms with E-state index < -0.39 is 5.97 Å². The van der Waals surface area contributed by atoms with Crippen molar-refractivity contribution in [2.45, 2.75) is 6.42 Å². The molecular formula is C8H7I2KNO2+. The molecule has 1 rings (SSSR count). The first-order valence-corrected chi connectivity index (χ1v) is 5.61. The van der Waals surface area contributed by atoms with Crippen LogP contribution in [0.15, 0.2) is 12.1 Å². The van der Waals surface area contributed by atoms with Gasteiger partial charge in [-0.15, -0.1) is 0 Å². The normalized spacial score (nSPS) is 9.29. The first-order valence-electron chi connectivity index (χ1n) is 3.46. The molecule has 0 aliphatic carbocycles. The Kier molecular flexibility index (Phi) is 7.81. The minimum absolute atomic E-state index is 0. The van der Waals surface area contributed by atoms with Gasteiger partial charge in [-0.3, -0.25) is 4.79 Å². The quantitative estimate of drug-likeness (QED) is 0.355. The molecule has 0 spiro atoms. The number of anilines is 1. The second-order valence-electron chi connectivity index (χ2n) is 2.54. The Labute approximate surface area is 152 Å². The van der Waals surface area contributed by atoms with Gasteiger partial charge in [0.05, 0.1) is 12.1 Å². The van der Waals surface area contributed by atoms with Crippen LogP contribution in [0.1, 0.15) is 5.56 Å². The molecule has 0 radical (unpaired) electrons. The van der Waals surface area contributed by atoms with Crippen LogP contribution in [0, 0.1) is 7.14 Å². The molecule has 1 aromatic rings. The summed E-state index contributed by atoms with van der Waals surface area (Å²) in [6, 6.07) is 3.60. The van der Waals surface area contributed by atoms with Crippen LogP contribution in [0.3, 0.4) is 0 Å². The molecule has 14 heavy (non-hydrogen) atoms. The molecule has 70 valence electrons. The Bertz CT molecular complexity index is 334. The predicted molar refractivity (Wildman–Crippen MR) is 67.6 cm³/mol. The molecule has 0 heterocycles. The average Bonchev–Trinajstić information content (AvgIpc) is 1.98. The van der Waals surface area contributed by atoms with Crippen molar-refractivity contribution in [3.8, 4) is 0 Å². The first kappa shape index (κ1) is 15.6. The van der Waals surface area contributed by atoms with E-state index in [1.54, 1.807) is 12.1 Å². The van der Waals surface area contributed by atoms with E-state index in [1.165, 1.54) is 0 Å². The number of halogens is 2. The van der Waals surface area contributed by atoms with Gasteiger partial charge >= 0.3 is 57.4 Å². The zero-order valence-electron chi connectivity index (χ0n) is 7.55. The summed E-state index contributed by atoms with van der Waals surface area (Å²) in [4.78, 5) is 10.4. The number of carboxylic acids is 1. The Balaban J connectivity index is 0.00000169. The van der Waals surface area contributed by atoms with E-state index in [9.17, 15) is 4.79 Å². The number of carboxylic acid groups (broad SMARTS) is 1. The van der Waals surface area contributed by atoms with Gasteiger partial charge in [-0.05, 0) is 62.9 Å². The molecule has 0 unspecified atom stereocenters. The SMILES string of the molecule is Nc1c(I)cc(CC(=O)O)cc1I.[K+]. The maximum Gasteiger partial charge on any atom is 1.00 e. The van der Waals surface area contributed by atoms with Crippen molar-refractivity contribution in [2.24, 2.45) is 0 Å². The summed E-state index contributed by atoms with van der Waals surface area (Å²) in [6.45, 7) is 0. The molecule has 0 aromatic heterocycles. The Hall–Kier alpha value is 1.59. The summed E-state index contributed by atoms with van der Waals surface area (Å²) >= 11 is 4.20. The smallest absolute Gasteiger partial charge is 0.481 e. The van der Waals surface area contributed by atoms with E-state index in [-0.39, 0.29) is 57.8 Å². The van der Waals surface area contributed by atoms with E-state index in [1.807, 2.05) is 0 Å². The maximum atomic E-state index is 10.4. The number of benzene rings is 1. The number of aliphatic carboxylic acids is 1. The van der Waals surface area contributed by atoms with Gasteiger partial charge in [0.2, 0.25) is 0 Å². The van der Waals surface area contributed by atoms with Crippen molar-refractivity contribution in [1.82, 2.24) is 0 Å². The fourth-order valence-corrected chi connectivity index (χ4v) is 2.81. The van der Waals surface area contributed by atoms with Gasteiger partial charge in [0.1, 0.15) is 0 Å². The summed E-state index contributed by atoms with van der Waals surface area (Å²) in [7, 11) is 0. The molecule has 0 saturated carbocycles. The topological polar surface area (TPSA) is 63.3 Å². The van der Waals surface area contributed by atoms with Crippen molar-refractivity contribution in [3.63, 3.8) is 0 Å². The summed E-state index contributed by atoms with van der Waals surface area (Å²) in [5.41, 5.74) is 7.22. The number of carbonyl (C=O) groups is 1. The molecule has 1 aromatic carbocycles. The monoisotopic (exact) mass is 442 g/mol. The van der Waals surface area contributed by atoms with Gasteiger partial charge in [0.15, 0.2) is 0 Å². The van der Waals surface area contributed by atoms with Gasteiger partial charge in [-0.2, -0.15) is 0 Å². The molecular weight excluding hydrogens is 435 g/mol. The third-order valence-corrected chi connectivity index (χ3v) is 3.28. The standard InChI is InChI=1S/C8H7I2NO2.K/c9-5-1-4(3-7(12)13)2-6(10)8(5)11;/h1-2H,3,11H2,(H,12,13);/q;+1. The van der Waals surface area contributed by atoms with Crippen molar-refractivity contribution < 1.29 is 61.3 Å². The molecule has 3 N–H and O–H groups in total. The number of nitrogens with two attached hydrogens (primary N) is 1. The van der Waals surface area contributed by atoms with Gasteiger partial charge in [-0.25, -0.2) is 0 Å². The summed E-state index contributed by atoms with van der Waals surface area (Å²) in [5, 5.41) is 8.58. The van der Waals surface area contributed by atoms with Crippen LogP contribution >= 0.6 is 45.2 Å². The second kappa shape index (κ2) is 7.02. The number of hydrogen-bond acceptors (Lipinski definition) is 2. The largest absolute Gasteiger partial charge is 1.00 e. The van der Waals surface area contributed by atoms with Crippen molar-refractivity contribution >= 4 is 56.8 Å². The maximum absolute atomic E-state index is 10.4. The summed E-state index contributed by atoms with van der Waals surface area (Å²) in [6.07, 6.45) is 0.0479. The zero-order valence-corrected chi connectivity index (χ0v) is 15.0. The fraction of sp³-hybridized carbons (Fsp3) is 0.125. The minimum Gasteiger partial charge on any atom is -0.481 e. The molecule has 0 aliphatic heterocycles. The van der Waals surface area contributed by atoms with Crippen LogP contribution in [0.5, 0.6) is 0 Å². The molecule has 0 atom stereocenters. The predicted octanol–water partition coefficient (Wildman–Crippen LogP) is -0.891. The van der Waals surface area contributed by atoms with Crippen LogP contribution in [0.4, 0.5) is 5.69 Å². The van der Waals surface area contributed by atoms with E-state index in [0.29, 0.717) is 0 Å². The molecule has 0 amide bonds. The van der Waals surface area contributed by atoms with E-state index in [4.69, 9.17) is 10.8 Å². The second-order valence-corrected chi connectivity index (χ2v) is 4.87. The Morgan fingerprint density at radius 1 is 1.36 bits per heavy atom. The average molecular weight is 442 g/mol. The molecule has 0 bridgehead atoms. The fourth-order valence-electron chi connectivity index (χ4n) is 0.913. The number of nitrogen functional groups attached to an aromatic ring is 1. The summed E-state index contributed by atoms with van der Waals surface area (Å²) < 4.78 is 1.81. The molecule has 0 fully saturated rings.